The monoisotopic (exact) mass is 286 g/mol. The van der Waals surface area contributed by atoms with Crippen molar-refractivity contribution in [2.24, 2.45) is 5.92 Å². The summed E-state index contributed by atoms with van der Waals surface area (Å²) in [7, 11) is 0. The van der Waals surface area contributed by atoms with E-state index >= 15 is 0 Å². The summed E-state index contributed by atoms with van der Waals surface area (Å²) < 4.78 is 0. The van der Waals surface area contributed by atoms with Gasteiger partial charge in [-0.15, -0.1) is 0 Å². The third kappa shape index (κ3) is 2.84. The van der Waals surface area contributed by atoms with Crippen LogP contribution < -0.4 is 10.6 Å². The minimum absolute atomic E-state index is 0.231. The van der Waals surface area contributed by atoms with Crippen molar-refractivity contribution in [2.45, 2.75) is 50.5 Å². The Labute approximate surface area is 127 Å². The molecule has 2 aliphatic rings. The molecule has 3 rings (SSSR count). The molecule has 1 aliphatic carbocycles. The average molecular weight is 286 g/mol. The van der Waals surface area contributed by atoms with Crippen molar-refractivity contribution in [2.75, 3.05) is 13.1 Å². The molecule has 1 saturated heterocycles. The number of hydrogen-bond donors (Lipinski definition) is 2. The molecule has 0 bridgehead atoms. The largest absolute Gasteiger partial charge is 0.353 e. The molecule has 1 heterocycles. The number of nitrogens with one attached hydrogen (secondary N) is 2. The summed E-state index contributed by atoms with van der Waals surface area (Å²) in [6, 6.07) is 10.6. The maximum Gasteiger partial charge on any atom is 0.230 e. The van der Waals surface area contributed by atoms with Crippen LogP contribution in [-0.4, -0.2) is 25.0 Å². The van der Waals surface area contributed by atoms with E-state index in [-0.39, 0.29) is 11.3 Å². The Hall–Kier alpha value is -1.35. The number of piperidine rings is 1. The summed E-state index contributed by atoms with van der Waals surface area (Å²) in [4.78, 5) is 13.0. The van der Waals surface area contributed by atoms with Crippen LogP contribution in [0.25, 0.3) is 0 Å². The molecule has 1 saturated carbocycles. The molecule has 0 radical (unpaired) electrons. The molecule has 114 valence electrons. The van der Waals surface area contributed by atoms with Gasteiger partial charge in [-0.1, -0.05) is 36.8 Å². The number of benzene rings is 1. The Morgan fingerprint density at radius 2 is 1.90 bits per heavy atom. The van der Waals surface area contributed by atoms with E-state index in [0.29, 0.717) is 12.0 Å². The summed E-state index contributed by atoms with van der Waals surface area (Å²) in [6.07, 6.45) is 5.63. The van der Waals surface area contributed by atoms with Crippen molar-refractivity contribution in [1.82, 2.24) is 10.6 Å². The third-order valence-electron chi connectivity index (χ3n) is 5.43. The van der Waals surface area contributed by atoms with Crippen LogP contribution in [0.3, 0.4) is 0 Å². The molecular weight excluding hydrogens is 260 g/mol. The fourth-order valence-electron chi connectivity index (χ4n) is 3.66. The second kappa shape index (κ2) is 6.18. The lowest BCUT2D eigenvalue weighted by atomic mass is 9.71. The minimum atomic E-state index is -0.343. The number of hydrogen-bond acceptors (Lipinski definition) is 2. The molecule has 3 nitrogen and oxygen atoms in total. The predicted octanol–water partition coefficient (Wildman–Crippen LogP) is 2.61. The van der Waals surface area contributed by atoms with Gasteiger partial charge < -0.3 is 10.6 Å². The molecule has 21 heavy (non-hydrogen) atoms. The fraction of sp³-hybridized carbons (Fsp3) is 0.611. The van der Waals surface area contributed by atoms with Crippen LogP contribution in [0, 0.1) is 5.92 Å². The predicted molar refractivity (Wildman–Crippen MR) is 85.2 cm³/mol. The van der Waals surface area contributed by atoms with E-state index in [9.17, 15) is 4.79 Å². The Morgan fingerprint density at radius 3 is 2.48 bits per heavy atom. The first-order chi connectivity index (χ1) is 10.2. The van der Waals surface area contributed by atoms with Gasteiger partial charge in [-0.05, 0) is 57.2 Å². The first kappa shape index (κ1) is 14.6. The fourth-order valence-corrected chi connectivity index (χ4v) is 3.66. The van der Waals surface area contributed by atoms with Crippen molar-refractivity contribution < 1.29 is 4.79 Å². The summed E-state index contributed by atoms with van der Waals surface area (Å²) in [6.45, 7) is 4.00. The van der Waals surface area contributed by atoms with Crippen molar-refractivity contribution >= 4 is 5.91 Å². The summed E-state index contributed by atoms with van der Waals surface area (Å²) in [5.41, 5.74) is 0.828. The topological polar surface area (TPSA) is 41.1 Å². The Morgan fingerprint density at radius 1 is 1.24 bits per heavy atom. The van der Waals surface area contributed by atoms with Gasteiger partial charge in [-0.2, -0.15) is 0 Å². The average Bonchev–Trinajstić information content (AvgIpc) is 2.47. The lowest BCUT2D eigenvalue weighted by Gasteiger charge is -2.39. The smallest absolute Gasteiger partial charge is 0.230 e. The molecule has 2 N–H and O–H groups in total. The minimum Gasteiger partial charge on any atom is -0.353 e. The van der Waals surface area contributed by atoms with Crippen molar-refractivity contribution in [3.63, 3.8) is 0 Å². The molecule has 1 aliphatic heterocycles. The van der Waals surface area contributed by atoms with E-state index in [4.69, 9.17) is 0 Å². The Bertz CT molecular complexity index is 475. The highest BCUT2D eigenvalue weighted by atomic mass is 16.2. The third-order valence-corrected chi connectivity index (χ3v) is 5.43. The van der Waals surface area contributed by atoms with E-state index < -0.39 is 0 Å². The van der Waals surface area contributed by atoms with Crippen LogP contribution in [0.5, 0.6) is 0 Å². The van der Waals surface area contributed by atoms with Gasteiger partial charge in [-0.3, -0.25) is 4.79 Å². The van der Waals surface area contributed by atoms with Gasteiger partial charge in [0.1, 0.15) is 0 Å². The van der Waals surface area contributed by atoms with Gasteiger partial charge in [0.2, 0.25) is 5.91 Å². The van der Waals surface area contributed by atoms with E-state index in [0.717, 1.165) is 25.9 Å². The first-order valence-corrected chi connectivity index (χ1v) is 8.29. The summed E-state index contributed by atoms with van der Waals surface area (Å²) in [5.74, 6) is 0.915. The second-order valence-corrected chi connectivity index (χ2v) is 6.65. The molecule has 0 aromatic heterocycles. The maximum atomic E-state index is 13.0. The highest BCUT2D eigenvalue weighted by Crippen LogP contribution is 2.35. The van der Waals surface area contributed by atoms with Crippen LogP contribution in [0.2, 0.25) is 0 Å². The van der Waals surface area contributed by atoms with Gasteiger partial charge >= 0.3 is 0 Å². The zero-order valence-electron chi connectivity index (χ0n) is 12.9. The van der Waals surface area contributed by atoms with Gasteiger partial charge in [0.15, 0.2) is 0 Å². The molecule has 1 aromatic carbocycles. The Kier molecular flexibility index (Phi) is 4.29. The van der Waals surface area contributed by atoms with Crippen LogP contribution in [0.4, 0.5) is 0 Å². The quantitative estimate of drug-likeness (QED) is 0.893. The SMILES string of the molecule is CC(NC(=O)C1(c2ccccc2)CCNCC1)C1CCC1. The molecule has 3 heteroatoms. The van der Waals surface area contributed by atoms with Crippen molar-refractivity contribution in [1.29, 1.82) is 0 Å². The van der Waals surface area contributed by atoms with E-state index in [1.54, 1.807) is 0 Å². The summed E-state index contributed by atoms with van der Waals surface area (Å²) >= 11 is 0. The molecular formula is C18H26N2O. The number of amides is 1. The second-order valence-electron chi connectivity index (χ2n) is 6.65. The van der Waals surface area contributed by atoms with Crippen LogP contribution >= 0.6 is 0 Å². The first-order valence-electron chi connectivity index (χ1n) is 8.29. The van der Waals surface area contributed by atoms with Crippen molar-refractivity contribution in [3.8, 4) is 0 Å². The summed E-state index contributed by atoms with van der Waals surface area (Å²) in [5, 5.41) is 6.71. The molecule has 1 amide bonds. The number of carbonyl (C=O) groups excluding carboxylic acids is 1. The van der Waals surface area contributed by atoms with E-state index in [2.05, 4.69) is 29.7 Å². The lowest BCUT2D eigenvalue weighted by Crippen LogP contribution is -2.54. The van der Waals surface area contributed by atoms with Gasteiger partial charge in [0.05, 0.1) is 5.41 Å². The van der Waals surface area contributed by atoms with Crippen LogP contribution in [0.15, 0.2) is 30.3 Å². The Balaban J connectivity index is 1.79. The molecule has 2 fully saturated rings. The number of rotatable bonds is 4. The normalized spacial score (nSPS) is 23.1. The van der Waals surface area contributed by atoms with Gasteiger partial charge in [-0.25, -0.2) is 0 Å². The van der Waals surface area contributed by atoms with Gasteiger partial charge in [0.25, 0.3) is 0 Å². The van der Waals surface area contributed by atoms with Gasteiger partial charge in [0, 0.05) is 6.04 Å². The lowest BCUT2D eigenvalue weighted by molar-refractivity contribution is -0.129. The zero-order chi connectivity index (χ0) is 14.7. The highest BCUT2D eigenvalue weighted by molar-refractivity contribution is 5.88. The molecule has 1 aromatic rings. The van der Waals surface area contributed by atoms with Crippen molar-refractivity contribution in [3.05, 3.63) is 35.9 Å². The zero-order valence-corrected chi connectivity index (χ0v) is 12.9. The molecule has 0 spiro atoms. The van der Waals surface area contributed by atoms with E-state index in [1.165, 1.54) is 24.8 Å². The molecule has 1 atom stereocenters. The highest BCUT2D eigenvalue weighted by Gasteiger charge is 2.42. The van der Waals surface area contributed by atoms with E-state index in [1.807, 2.05) is 18.2 Å². The van der Waals surface area contributed by atoms with Crippen LogP contribution in [0.1, 0.15) is 44.6 Å². The molecule has 1 unspecified atom stereocenters. The van der Waals surface area contributed by atoms with Crippen LogP contribution in [-0.2, 0) is 10.2 Å². The maximum absolute atomic E-state index is 13.0. The number of carbonyl (C=O) groups is 1. The standard InChI is InChI=1S/C18H26N2O/c1-14(15-6-5-7-15)20-17(21)18(10-12-19-13-11-18)16-8-3-2-4-9-16/h2-4,8-9,14-15,19H,5-7,10-13H2,1H3,(H,20,21).